The van der Waals surface area contributed by atoms with Gasteiger partial charge in [0.15, 0.2) is 6.61 Å². The van der Waals surface area contributed by atoms with Crippen molar-refractivity contribution in [3.63, 3.8) is 0 Å². The molecule has 144 valence electrons. The normalized spacial score (nSPS) is 16.9. The second-order valence-corrected chi connectivity index (χ2v) is 7.39. The first-order chi connectivity index (χ1) is 13.2. The lowest BCUT2D eigenvalue weighted by molar-refractivity contribution is -0.123. The van der Waals surface area contributed by atoms with Crippen LogP contribution in [0.4, 0.5) is 0 Å². The molecule has 6 heteroatoms. The Labute approximate surface area is 159 Å². The number of aromatic nitrogens is 2. The summed E-state index contributed by atoms with van der Waals surface area (Å²) in [4.78, 5) is 12.2. The van der Waals surface area contributed by atoms with Crippen LogP contribution in [-0.4, -0.2) is 28.9 Å². The number of benzene rings is 1. The Morgan fingerprint density at radius 2 is 2.15 bits per heavy atom. The fraction of sp³-hybridized carbons (Fsp3) is 0.524. The van der Waals surface area contributed by atoms with Gasteiger partial charge in [0.2, 0.25) is 0 Å². The summed E-state index contributed by atoms with van der Waals surface area (Å²) in [5, 5.41) is 7.81. The van der Waals surface area contributed by atoms with Crippen molar-refractivity contribution in [2.75, 3.05) is 13.2 Å². The van der Waals surface area contributed by atoms with Gasteiger partial charge in [-0.3, -0.25) is 9.48 Å². The van der Waals surface area contributed by atoms with Crippen LogP contribution in [0.1, 0.15) is 54.2 Å². The third-order valence-electron chi connectivity index (χ3n) is 5.51. The Morgan fingerprint density at radius 3 is 2.96 bits per heavy atom. The molecule has 6 nitrogen and oxygen atoms in total. The Balaban J connectivity index is 1.39. The topological polar surface area (TPSA) is 65.4 Å². The maximum atomic E-state index is 12.2. The highest BCUT2D eigenvalue weighted by Crippen LogP contribution is 2.33. The smallest absolute Gasteiger partial charge is 0.258 e. The van der Waals surface area contributed by atoms with Gasteiger partial charge in [0.05, 0.1) is 31.5 Å². The fourth-order valence-corrected chi connectivity index (χ4v) is 4.02. The first kappa shape index (κ1) is 18.0. The van der Waals surface area contributed by atoms with Gasteiger partial charge in [-0.1, -0.05) is 31.0 Å². The summed E-state index contributed by atoms with van der Waals surface area (Å²) in [6.07, 6.45) is 5.86. The van der Waals surface area contributed by atoms with E-state index in [9.17, 15) is 4.79 Å². The van der Waals surface area contributed by atoms with Crippen LogP contribution < -0.4 is 10.1 Å². The molecule has 0 radical (unpaired) electrons. The molecule has 1 N–H and O–H groups in total. The Kier molecular flexibility index (Phi) is 5.43. The number of ether oxygens (including phenoxy) is 2. The molecule has 4 rings (SSSR count). The zero-order valence-corrected chi connectivity index (χ0v) is 15.9. The van der Waals surface area contributed by atoms with Crippen molar-refractivity contribution in [1.82, 2.24) is 15.1 Å². The molecule has 0 bridgehead atoms. The van der Waals surface area contributed by atoms with Gasteiger partial charge in [0.1, 0.15) is 5.75 Å². The Hall–Kier alpha value is -2.34. The molecule has 1 amide bonds. The van der Waals surface area contributed by atoms with E-state index in [1.807, 2.05) is 31.2 Å². The molecule has 0 unspecified atom stereocenters. The molecule has 2 aliphatic rings. The minimum atomic E-state index is -0.140. The molecule has 0 saturated heterocycles. The predicted molar refractivity (Wildman–Crippen MR) is 102 cm³/mol. The number of aryl methyl sites for hydroxylation is 1. The van der Waals surface area contributed by atoms with Crippen LogP contribution in [0.5, 0.6) is 5.75 Å². The summed E-state index contributed by atoms with van der Waals surface area (Å²) in [5.74, 6) is 0.600. The summed E-state index contributed by atoms with van der Waals surface area (Å²) in [6, 6.07) is 8.20. The van der Waals surface area contributed by atoms with Crippen molar-refractivity contribution in [3.8, 4) is 5.75 Å². The molecule has 1 aromatic heterocycles. The van der Waals surface area contributed by atoms with Gasteiger partial charge >= 0.3 is 0 Å². The minimum Gasteiger partial charge on any atom is -0.484 e. The van der Waals surface area contributed by atoms with E-state index in [0.717, 1.165) is 35.6 Å². The molecular weight excluding hydrogens is 342 g/mol. The minimum absolute atomic E-state index is 0.00682. The Bertz CT molecular complexity index is 809. The van der Waals surface area contributed by atoms with Gasteiger partial charge in [-0.2, -0.15) is 5.10 Å². The van der Waals surface area contributed by atoms with Crippen LogP contribution in [0.2, 0.25) is 0 Å². The summed E-state index contributed by atoms with van der Waals surface area (Å²) >= 11 is 0. The van der Waals surface area contributed by atoms with E-state index in [0.29, 0.717) is 19.2 Å². The number of nitrogens with one attached hydrogen (secondary N) is 1. The lowest BCUT2D eigenvalue weighted by atomic mass is 10.1. The third-order valence-corrected chi connectivity index (χ3v) is 5.51. The third kappa shape index (κ3) is 4.00. The van der Waals surface area contributed by atoms with Crippen molar-refractivity contribution >= 4 is 5.91 Å². The highest BCUT2D eigenvalue weighted by molar-refractivity contribution is 5.77. The highest BCUT2D eigenvalue weighted by Gasteiger charge is 2.27. The Morgan fingerprint density at radius 1 is 1.33 bits per heavy atom. The van der Waals surface area contributed by atoms with Gasteiger partial charge in [0.25, 0.3) is 5.91 Å². The maximum absolute atomic E-state index is 12.2. The number of hydrogen-bond donors (Lipinski definition) is 1. The summed E-state index contributed by atoms with van der Waals surface area (Å²) in [7, 11) is 0. The van der Waals surface area contributed by atoms with Crippen LogP contribution in [-0.2, 0) is 29.1 Å². The SMILES string of the molecule is Cc1ccccc1OCC(=O)NCc1nn(C2CCCC2)c2c1COCC2. The number of carbonyl (C=O) groups excluding carboxylic acids is 1. The molecule has 2 aromatic rings. The molecule has 1 aliphatic carbocycles. The zero-order chi connectivity index (χ0) is 18.6. The lowest BCUT2D eigenvalue weighted by Crippen LogP contribution is -2.29. The molecule has 2 heterocycles. The quantitative estimate of drug-likeness (QED) is 0.850. The molecule has 0 atom stereocenters. The number of rotatable bonds is 6. The van der Waals surface area contributed by atoms with Crippen molar-refractivity contribution in [2.45, 2.75) is 58.2 Å². The van der Waals surface area contributed by atoms with Gasteiger partial charge in [-0.25, -0.2) is 0 Å². The molecule has 1 aromatic carbocycles. The van der Waals surface area contributed by atoms with Crippen LogP contribution >= 0.6 is 0 Å². The van der Waals surface area contributed by atoms with Gasteiger partial charge in [-0.05, 0) is 31.4 Å². The van der Waals surface area contributed by atoms with E-state index >= 15 is 0 Å². The number of nitrogens with zero attached hydrogens (tertiary/aromatic N) is 2. The van der Waals surface area contributed by atoms with Gasteiger partial charge < -0.3 is 14.8 Å². The molecule has 0 spiro atoms. The van der Waals surface area contributed by atoms with Crippen LogP contribution in [0, 0.1) is 6.92 Å². The van der Waals surface area contributed by atoms with E-state index in [1.54, 1.807) is 0 Å². The second-order valence-electron chi connectivity index (χ2n) is 7.39. The predicted octanol–water partition coefficient (Wildman–Crippen LogP) is 3.07. The number of fused-ring (bicyclic) bond motifs is 1. The van der Waals surface area contributed by atoms with Crippen LogP contribution in [0.3, 0.4) is 0 Å². The fourth-order valence-electron chi connectivity index (χ4n) is 4.02. The molecule has 1 aliphatic heterocycles. The van der Waals surface area contributed by atoms with Crippen molar-refractivity contribution in [1.29, 1.82) is 0 Å². The van der Waals surface area contributed by atoms with Gasteiger partial charge in [-0.15, -0.1) is 0 Å². The number of hydrogen-bond acceptors (Lipinski definition) is 4. The van der Waals surface area contributed by atoms with Crippen molar-refractivity contribution in [2.24, 2.45) is 0 Å². The van der Waals surface area contributed by atoms with Crippen molar-refractivity contribution < 1.29 is 14.3 Å². The monoisotopic (exact) mass is 369 g/mol. The van der Waals surface area contributed by atoms with E-state index in [4.69, 9.17) is 14.6 Å². The van der Waals surface area contributed by atoms with Crippen LogP contribution in [0.15, 0.2) is 24.3 Å². The summed E-state index contributed by atoms with van der Waals surface area (Å²) in [6.45, 7) is 3.73. The highest BCUT2D eigenvalue weighted by atomic mass is 16.5. The molecule has 27 heavy (non-hydrogen) atoms. The number of para-hydroxylation sites is 1. The number of carbonyl (C=O) groups is 1. The van der Waals surface area contributed by atoms with E-state index < -0.39 is 0 Å². The first-order valence-electron chi connectivity index (χ1n) is 9.84. The van der Waals surface area contributed by atoms with Crippen molar-refractivity contribution in [3.05, 3.63) is 46.8 Å². The van der Waals surface area contributed by atoms with Gasteiger partial charge in [0, 0.05) is 17.7 Å². The molecular formula is C21H27N3O3. The summed E-state index contributed by atoms with van der Waals surface area (Å²) < 4.78 is 13.5. The van der Waals surface area contributed by atoms with E-state index in [1.165, 1.54) is 31.4 Å². The zero-order valence-electron chi connectivity index (χ0n) is 15.9. The standard InChI is InChI=1S/C21H27N3O3/c1-15-6-2-5-9-20(15)27-14-21(25)22-12-18-17-13-26-11-10-19(17)24(23-18)16-7-3-4-8-16/h2,5-6,9,16H,3-4,7-8,10-14H2,1H3,(H,22,25). The average Bonchev–Trinajstić information content (AvgIpc) is 3.33. The lowest BCUT2D eigenvalue weighted by Gasteiger charge is -2.18. The second kappa shape index (κ2) is 8.13. The van der Waals surface area contributed by atoms with E-state index in [-0.39, 0.29) is 12.5 Å². The molecule has 1 saturated carbocycles. The first-order valence-corrected chi connectivity index (χ1v) is 9.84. The maximum Gasteiger partial charge on any atom is 0.258 e. The average molecular weight is 369 g/mol. The number of amides is 1. The molecule has 1 fully saturated rings. The largest absolute Gasteiger partial charge is 0.484 e. The van der Waals surface area contributed by atoms with Crippen LogP contribution in [0.25, 0.3) is 0 Å². The van der Waals surface area contributed by atoms with E-state index in [2.05, 4.69) is 10.00 Å². The summed E-state index contributed by atoms with van der Waals surface area (Å²) in [5.41, 5.74) is 4.41.